The van der Waals surface area contributed by atoms with Crippen molar-refractivity contribution in [2.75, 3.05) is 0 Å². The molecule has 0 aromatic heterocycles. The van der Waals surface area contributed by atoms with Gasteiger partial charge in [-0.15, -0.1) is 0 Å². The molecule has 1 rings (SSSR count). The van der Waals surface area contributed by atoms with E-state index >= 15 is 0 Å². The molecule has 1 amide bonds. The largest absolute Gasteiger partial charge is 0.480 e. The Morgan fingerprint density at radius 2 is 1.92 bits per heavy atom. The van der Waals surface area contributed by atoms with E-state index in [1.54, 1.807) is 13.8 Å². The molecule has 74 valence electrons. The first kappa shape index (κ1) is 10.0. The second-order valence-corrected chi connectivity index (χ2v) is 3.82. The van der Waals surface area contributed by atoms with Crippen LogP contribution in [0.25, 0.3) is 0 Å². The molecule has 1 atom stereocenters. The Morgan fingerprint density at radius 3 is 2.23 bits per heavy atom. The molecular formula is C9H15NO3. The molecule has 1 aliphatic rings. The predicted octanol–water partition coefficient (Wildman–Crippen LogP) is 0.622. The zero-order valence-corrected chi connectivity index (χ0v) is 7.91. The van der Waals surface area contributed by atoms with Gasteiger partial charge in [0.25, 0.3) is 0 Å². The molecular weight excluding hydrogens is 170 g/mol. The zero-order valence-electron chi connectivity index (χ0n) is 7.91. The maximum Gasteiger partial charge on any atom is 0.326 e. The molecule has 4 nitrogen and oxygen atoms in total. The summed E-state index contributed by atoms with van der Waals surface area (Å²) in [6, 6.07) is -0.671. The Morgan fingerprint density at radius 1 is 1.38 bits per heavy atom. The van der Waals surface area contributed by atoms with Crippen molar-refractivity contribution in [3.8, 4) is 0 Å². The smallest absolute Gasteiger partial charge is 0.326 e. The average molecular weight is 185 g/mol. The van der Waals surface area contributed by atoms with Gasteiger partial charge in [-0.05, 0) is 18.8 Å². The zero-order chi connectivity index (χ0) is 10.0. The van der Waals surface area contributed by atoms with Crippen LogP contribution in [0.2, 0.25) is 0 Å². The summed E-state index contributed by atoms with van der Waals surface area (Å²) in [5, 5.41) is 11.3. The summed E-state index contributed by atoms with van der Waals surface area (Å²) in [6.45, 7) is 3.50. The first-order chi connectivity index (χ1) is 6.02. The third kappa shape index (κ3) is 2.72. The summed E-state index contributed by atoms with van der Waals surface area (Å²) >= 11 is 0. The molecule has 0 saturated heterocycles. The highest BCUT2D eigenvalue weighted by molar-refractivity contribution is 5.84. The van der Waals surface area contributed by atoms with Gasteiger partial charge in [0, 0.05) is 5.92 Å². The molecule has 0 radical (unpaired) electrons. The van der Waals surface area contributed by atoms with Crippen molar-refractivity contribution in [1.82, 2.24) is 5.32 Å². The van der Waals surface area contributed by atoms with Crippen molar-refractivity contribution in [2.45, 2.75) is 32.7 Å². The van der Waals surface area contributed by atoms with Crippen molar-refractivity contribution in [3.63, 3.8) is 0 Å². The van der Waals surface area contributed by atoms with Crippen LogP contribution in [0.3, 0.4) is 0 Å². The lowest BCUT2D eigenvalue weighted by atomic mass is 10.1. The third-order valence-electron chi connectivity index (χ3n) is 2.18. The Bertz CT molecular complexity index is 221. The minimum Gasteiger partial charge on any atom is -0.480 e. The second kappa shape index (κ2) is 3.77. The van der Waals surface area contributed by atoms with Gasteiger partial charge in [0.05, 0.1) is 0 Å². The lowest BCUT2D eigenvalue weighted by molar-refractivity contribution is -0.142. The van der Waals surface area contributed by atoms with Crippen LogP contribution in [-0.4, -0.2) is 23.0 Å². The number of nitrogens with one attached hydrogen (secondary N) is 1. The molecule has 0 aromatic carbocycles. The van der Waals surface area contributed by atoms with E-state index in [0.717, 1.165) is 12.8 Å². The van der Waals surface area contributed by atoms with Gasteiger partial charge in [-0.1, -0.05) is 13.8 Å². The van der Waals surface area contributed by atoms with Gasteiger partial charge < -0.3 is 10.4 Å². The normalized spacial score (nSPS) is 18.4. The van der Waals surface area contributed by atoms with Crippen LogP contribution in [0.4, 0.5) is 0 Å². The van der Waals surface area contributed by atoms with Crippen molar-refractivity contribution >= 4 is 11.9 Å². The lowest BCUT2D eigenvalue weighted by Gasteiger charge is -2.14. The van der Waals surface area contributed by atoms with E-state index in [1.807, 2.05) is 0 Å². The molecule has 4 heteroatoms. The Hall–Kier alpha value is -1.06. The molecule has 1 saturated carbocycles. The summed E-state index contributed by atoms with van der Waals surface area (Å²) in [6.07, 6.45) is 1.82. The number of aliphatic carboxylic acids is 1. The van der Waals surface area contributed by atoms with E-state index < -0.39 is 12.0 Å². The first-order valence-electron chi connectivity index (χ1n) is 4.55. The van der Waals surface area contributed by atoms with Crippen LogP contribution in [0.5, 0.6) is 0 Å². The number of amides is 1. The standard InChI is InChI=1S/C9H15NO3/c1-5(2)8(11)10-7(9(12)13)6-3-4-6/h5-7H,3-4H2,1-2H3,(H,10,11)(H,12,13). The molecule has 0 aliphatic heterocycles. The third-order valence-corrected chi connectivity index (χ3v) is 2.18. The van der Waals surface area contributed by atoms with E-state index in [2.05, 4.69) is 5.32 Å². The van der Waals surface area contributed by atoms with Crippen LogP contribution < -0.4 is 5.32 Å². The van der Waals surface area contributed by atoms with Crippen LogP contribution in [0, 0.1) is 11.8 Å². The van der Waals surface area contributed by atoms with Crippen LogP contribution in [0.15, 0.2) is 0 Å². The molecule has 0 bridgehead atoms. The second-order valence-electron chi connectivity index (χ2n) is 3.82. The highest BCUT2D eigenvalue weighted by Crippen LogP contribution is 2.32. The number of carbonyl (C=O) groups is 2. The molecule has 0 spiro atoms. The SMILES string of the molecule is CC(C)C(=O)NC(C(=O)O)C1CC1. The molecule has 1 aliphatic carbocycles. The number of hydrogen-bond acceptors (Lipinski definition) is 2. The molecule has 0 aromatic rings. The molecule has 1 unspecified atom stereocenters. The number of hydrogen-bond donors (Lipinski definition) is 2. The predicted molar refractivity (Wildman–Crippen MR) is 47.1 cm³/mol. The van der Waals surface area contributed by atoms with Crippen molar-refractivity contribution in [1.29, 1.82) is 0 Å². The van der Waals surface area contributed by atoms with Crippen LogP contribution >= 0.6 is 0 Å². The lowest BCUT2D eigenvalue weighted by Crippen LogP contribution is -2.44. The average Bonchev–Trinajstić information content (AvgIpc) is 2.81. The Balaban J connectivity index is 2.47. The van der Waals surface area contributed by atoms with Crippen molar-refractivity contribution in [2.24, 2.45) is 11.8 Å². The van der Waals surface area contributed by atoms with E-state index in [0.29, 0.717) is 0 Å². The van der Waals surface area contributed by atoms with Gasteiger partial charge in [0.15, 0.2) is 0 Å². The van der Waals surface area contributed by atoms with Crippen LogP contribution in [0.1, 0.15) is 26.7 Å². The molecule has 0 heterocycles. The van der Waals surface area contributed by atoms with E-state index in [4.69, 9.17) is 5.11 Å². The number of rotatable bonds is 4. The van der Waals surface area contributed by atoms with Gasteiger partial charge >= 0.3 is 5.97 Å². The van der Waals surface area contributed by atoms with Gasteiger partial charge in [0.1, 0.15) is 6.04 Å². The maximum absolute atomic E-state index is 11.2. The number of carboxylic acid groups (broad SMARTS) is 1. The Labute approximate surface area is 77.3 Å². The minimum atomic E-state index is -0.920. The van der Waals surface area contributed by atoms with Gasteiger partial charge in [-0.3, -0.25) is 4.79 Å². The van der Waals surface area contributed by atoms with Crippen LogP contribution in [-0.2, 0) is 9.59 Å². The van der Waals surface area contributed by atoms with E-state index in [9.17, 15) is 9.59 Å². The summed E-state index contributed by atoms with van der Waals surface area (Å²) < 4.78 is 0. The van der Waals surface area contributed by atoms with Gasteiger partial charge in [-0.25, -0.2) is 4.79 Å². The topological polar surface area (TPSA) is 66.4 Å². The maximum atomic E-state index is 11.2. The molecule has 1 fully saturated rings. The summed E-state index contributed by atoms with van der Waals surface area (Å²) in [5.41, 5.74) is 0. The fraction of sp³-hybridized carbons (Fsp3) is 0.778. The highest BCUT2D eigenvalue weighted by Gasteiger charge is 2.37. The fourth-order valence-corrected chi connectivity index (χ4v) is 1.13. The van der Waals surface area contributed by atoms with E-state index in [1.165, 1.54) is 0 Å². The summed E-state index contributed by atoms with van der Waals surface area (Å²) in [7, 11) is 0. The Kier molecular flexibility index (Phi) is 2.90. The fourth-order valence-electron chi connectivity index (χ4n) is 1.13. The molecule has 2 N–H and O–H groups in total. The summed E-state index contributed by atoms with van der Waals surface area (Å²) in [5.74, 6) is -1.10. The van der Waals surface area contributed by atoms with Crippen molar-refractivity contribution in [3.05, 3.63) is 0 Å². The van der Waals surface area contributed by atoms with Crippen molar-refractivity contribution < 1.29 is 14.7 Å². The monoisotopic (exact) mass is 185 g/mol. The summed E-state index contributed by atoms with van der Waals surface area (Å²) in [4.78, 5) is 21.9. The van der Waals surface area contributed by atoms with E-state index in [-0.39, 0.29) is 17.7 Å². The minimum absolute atomic E-state index is 0.152. The number of carboxylic acids is 1. The van der Waals surface area contributed by atoms with Gasteiger partial charge in [0.2, 0.25) is 5.91 Å². The number of carbonyl (C=O) groups excluding carboxylic acids is 1. The highest BCUT2D eigenvalue weighted by atomic mass is 16.4. The van der Waals surface area contributed by atoms with Gasteiger partial charge in [-0.2, -0.15) is 0 Å². The first-order valence-corrected chi connectivity index (χ1v) is 4.55. The molecule has 13 heavy (non-hydrogen) atoms. The quantitative estimate of drug-likeness (QED) is 0.674.